The van der Waals surface area contributed by atoms with Crippen molar-refractivity contribution in [2.75, 3.05) is 25.6 Å². The molecule has 0 spiro atoms. The Kier molecular flexibility index (Phi) is 9.72. The van der Waals surface area contributed by atoms with Gasteiger partial charge in [-0.3, -0.25) is 9.59 Å². The minimum absolute atomic E-state index is 0.0755. The number of methoxy groups -OCH3 is 1. The van der Waals surface area contributed by atoms with E-state index < -0.39 is 5.97 Å². The Labute approximate surface area is 260 Å². The minimum atomic E-state index is -0.728. The molecule has 0 saturated carbocycles. The van der Waals surface area contributed by atoms with Gasteiger partial charge in [0.15, 0.2) is 5.69 Å². The maximum atomic E-state index is 13.9. The number of pyridine rings is 1. The van der Waals surface area contributed by atoms with Gasteiger partial charge >= 0.3 is 5.97 Å². The molecule has 0 bridgehead atoms. The molecule has 4 N–H and O–H groups in total. The van der Waals surface area contributed by atoms with Crippen LogP contribution in [0.4, 0.5) is 5.69 Å². The van der Waals surface area contributed by atoms with E-state index in [2.05, 4.69) is 35.5 Å². The summed E-state index contributed by atoms with van der Waals surface area (Å²) in [6.07, 6.45) is 2.73. The van der Waals surface area contributed by atoms with Gasteiger partial charge in [-0.05, 0) is 71.3 Å². The van der Waals surface area contributed by atoms with Crippen molar-refractivity contribution in [1.29, 1.82) is 0 Å². The van der Waals surface area contributed by atoms with Gasteiger partial charge in [-0.25, -0.2) is 9.78 Å². The summed E-state index contributed by atoms with van der Waals surface area (Å²) < 4.78 is 11.2. The number of ether oxygens (including phenoxy) is 2. The van der Waals surface area contributed by atoms with Gasteiger partial charge in [0, 0.05) is 52.3 Å². The van der Waals surface area contributed by atoms with Gasteiger partial charge < -0.3 is 25.8 Å². The third-order valence-corrected chi connectivity index (χ3v) is 8.61. The third-order valence-electron chi connectivity index (χ3n) is 7.62. The summed E-state index contributed by atoms with van der Waals surface area (Å²) in [6.45, 7) is 5.51. The second-order valence-corrected chi connectivity index (χ2v) is 11.7. The maximum Gasteiger partial charge on any atom is 0.357 e. The van der Waals surface area contributed by atoms with E-state index in [4.69, 9.17) is 15.2 Å². The Morgan fingerprint density at radius 3 is 2.57 bits per heavy atom. The van der Waals surface area contributed by atoms with E-state index in [1.807, 2.05) is 17.5 Å². The van der Waals surface area contributed by atoms with Crippen LogP contribution in [0.5, 0.6) is 5.75 Å². The summed E-state index contributed by atoms with van der Waals surface area (Å²) in [5.41, 5.74) is 10.3. The lowest BCUT2D eigenvalue weighted by molar-refractivity contribution is 0.0594. The summed E-state index contributed by atoms with van der Waals surface area (Å²) >= 11 is 1.58. The number of amides is 2. The molecule has 0 radical (unpaired) electrons. The molecule has 1 unspecified atom stereocenters. The van der Waals surface area contributed by atoms with Gasteiger partial charge in [0.1, 0.15) is 11.4 Å². The van der Waals surface area contributed by atoms with Crippen LogP contribution in [0.1, 0.15) is 69.2 Å². The van der Waals surface area contributed by atoms with Crippen LogP contribution in [-0.2, 0) is 17.7 Å². The SMILES string of the molecule is CCCC(C)CNC(=O)c1ccc(-c2cc3c(cc2C(=O)Nc2ccc(CN)cc2)-c2sccc2CCO3)c(C(=O)OC)n1. The lowest BCUT2D eigenvalue weighted by Gasteiger charge is -2.18. The van der Waals surface area contributed by atoms with E-state index in [9.17, 15) is 14.4 Å². The van der Waals surface area contributed by atoms with Crippen molar-refractivity contribution in [3.05, 3.63) is 88.1 Å². The summed E-state index contributed by atoms with van der Waals surface area (Å²) in [5, 5.41) is 7.90. The first-order valence-electron chi connectivity index (χ1n) is 14.7. The number of thiophene rings is 1. The number of rotatable bonds is 10. The van der Waals surface area contributed by atoms with Gasteiger partial charge in [0.2, 0.25) is 0 Å². The van der Waals surface area contributed by atoms with Crippen LogP contribution in [0.3, 0.4) is 0 Å². The quantitative estimate of drug-likeness (QED) is 0.185. The normalized spacial score (nSPS) is 12.6. The summed E-state index contributed by atoms with van der Waals surface area (Å²) in [7, 11) is 1.25. The van der Waals surface area contributed by atoms with Crippen molar-refractivity contribution in [3.63, 3.8) is 0 Å². The van der Waals surface area contributed by atoms with Crippen LogP contribution in [0, 0.1) is 5.92 Å². The third kappa shape index (κ3) is 6.66. The molecule has 0 aliphatic carbocycles. The molecule has 2 aromatic carbocycles. The van der Waals surface area contributed by atoms with Gasteiger partial charge in [0.05, 0.1) is 13.7 Å². The number of anilines is 1. The summed E-state index contributed by atoms with van der Waals surface area (Å²) in [5.74, 6) is -0.603. The van der Waals surface area contributed by atoms with E-state index in [0.717, 1.165) is 40.8 Å². The molecule has 2 amide bonds. The number of esters is 1. The molecule has 3 heterocycles. The van der Waals surface area contributed by atoms with Crippen molar-refractivity contribution in [3.8, 4) is 27.3 Å². The molecular weight excluding hydrogens is 576 g/mol. The average Bonchev–Trinajstić information content (AvgIpc) is 3.44. The highest BCUT2D eigenvalue weighted by Gasteiger charge is 2.27. The fourth-order valence-electron chi connectivity index (χ4n) is 5.26. The summed E-state index contributed by atoms with van der Waals surface area (Å²) in [4.78, 5) is 45.5. The standard InChI is InChI=1S/C34H36N4O5S/c1-4-5-20(2)19-36-33(40)28-11-10-24(30(38-28)34(41)42-3)25-17-29-27(31-22(12-14-43-29)13-15-44-31)16-26(25)32(39)37-23-8-6-21(18-35)7-9-23/h6-11,13,15-17,20H,4-5,12,14,18-19,35H2,1-3H3,(H,36,40)(H,37,39). The van der Waals surface area contributed by atoms with Gasteiger partial charge in [-0.2, -0.15) is 0 Å². The van der Waals surface area contributed by atoms with Gasteiger partial charge in [-0.15, -0.1) is 11.3 Å². The van der Waals surface area contributed by atoms with Crippen LogP contribution >= 0.6 is 11.3 Å². The molecule has 1 aliphatic heterocycles. The zero-order valence-electron chi connectivity index (χ0n) is 25.1. The molecule has 0 fully saturated rings. The highest BCUT2D eigenvalue weighted by molar-refractivity contribution is 7.13. The Hall–Kier alpha value is -4.54. The number of hydrogen-bond acceptors (Lipinski definition) is 8. The zero-order chi connectivity index (χ0) is 31.2. The maximum absolute atomic E-state index is 13.9. The van der Waals surface area contributed by atoms with E-state index in [1.54, 1.807) is 47.7 Å². The van der Waals surface area contributed by atoms with E-state index in [-0.39, 0.29) is 23.2 Å². The van der Waals surface area contributed by atoms with Crippen LogP contribution in [-0.4, -0.2) is 43.0 Å². The van der Waals surface area contributed by atoms with Crippen molar-refractivity contribution >= 4 is 34.8 Å². The molecule has 9 nitrogen and oxygen atoms in total. The number of fused-ring (bicyclic) bond motifs is 3. The van der Waals surface area contributed by atoms with Gasteiger partial charge in [0.25, 0.3) is 11.8 Å². The highest BCUT2D eigenvalue weighted by Crippen LogP contribution is 2.43. The summed E-state index contributed by atoms with van der Waals surface area (Å²) in [6, 6.07) is 16.1. The van der Waals surface area contributed by atoms with Crippen molar-refractivity contribution < 1.29 is 23.9 Å². The Morgan fingerprint density at radius 1 is 1.05 bits per heavy atom. The number of carbonyl (C=O) groups is 3. The van der Waals surface area contributed by atoms with Crippen LogP contribution in [0.15, 0.2) is 60.0 Å². The Balaban J connectivity index is 1.61. The van der Waals surface area contributed by atoms with Crippen LogP contribution in [0.2, 0.25) is 0 Å². The zero-order valence-corrected chi connectivity index (χ0v) is 25.9. The fourth-order valence-corrected chi connectivity index (χ4v) is 6.23. The second kappa shape index (κ2) is 13.8. The van der Waals surface area contributed by atoms with E-state index in [0.29, 0.717) is 53.7 Å². The molecule has 228 valence electrons. The molecule has 4 aromatic rings. The fraction of sp³-hybridized carbons (Fsp3) is 0.294. The minimum Gasteiger partial charge on any atom is -0.493 e. The van der Waals surface area contributed by atoms with E-state index in [1.165, 1.54) is 7.11 Å². The molecule has 44 heavy (non-hydrogen) atoms. The monoisotopic (exact) mass is 612 g/mol. The predicted octanol–water partition coefficient (Wildman–Crippen LogP) is 6.08. The first-order valence-corrected chi connectivity index (χ1v) is 15.6. The largest absolute Gasteiger partial charge is 0.493 e. The lowest BCUT2D eigenvalue weighted by atomic mass is 9.93. The van der Waals surface area contributed by atoms with Gasteiger partial charge in [-0.1, -0.05) is 32.4 Å². The predicted molar refractivity (Wildman–Crippen MR) is 172 cm³/mol. The van der Waals surface area contributed by atoms with Crippen molar-refractivity contribution in [2.24, 2.45) is 11.7 Å². The number of carbonyl (C=O) groups excluding carboxylic acids is 3. The highest BCUT2D eigenvalue weighted by atomic mass is 32.1. The first-order chi connectivity index (χ1) is 21.3. The first kappa shape index (κ1) is 30.9. The molecular formula is C34H36N4O5S. The molecule has 2 aromatic heterocycles. The van der Waals surface area contributed by atoms with Crippen LogP contribution < -0.4 is 21.1 Å². The average molecular weight is 613 g/mol. The van der Waals surface area contributed by atoms with E-state index >= 15 is 0 Å². The second-order valence-electron chi connectivity index (χ2n) is 10.8. The number of benzene rings is 2. The Morgan fingerprint density at radius 2 is 1.84 bits per heavy atom. The smallest absolute Gasteiger partial charge is 0.357 e. The van der Waals surface area contributed by atoms with Crippen molar-refractivity contribution in [2.45, 2.75) is 39.7 Å². The topological polar surface area (TPSA) is 133 Å². The molecule has 5 rings (SSSR count). The number of nitrogens with two attached hydrogens (primary N) is 1. The molecule has 0 saturated heterocycles. The molecule has 10 heteroatoms. The number of aromatic nitrogens is 1. The van der Waals surface area contributed by atoms with Crippen LogP contribution in [0.25, 0.3) is 21.6 Å². The van der Waals surface area contributed by atoms with Crippen molar-refractivity contribution in [1.82, 2.24) is 10.3 Å². The lowest BCUT2D eigenvalue weighted by Crippen LogP contribution is -2.29. The number of nitrogens with zero attached hydrogens (tertiary/aromatic N) is 1. The number of nitrogens with one attached hydrogen (secondary N) is 2. The molecule has 1 atom stereocenters. The Bertz CT molecular complexity index is 1680. The number of hydrogen-bond donors (Lipinski definition) is 3. The molecule has 1 aliphatic rings.